The van der Waals surface area contributed by atoms with Gasteiger partial charge in [-0.15, -0.1) is 0 Å². The molecule has 3 nitrogen and oxygen atoms in total. The fourth-order valence-electron chi connectivity index (χ4n) is 4.75. The van der Waals surface area contributed by atoms with Crippen molar-refractivity contribution in [2.24, 2.45) is 0 Å². The molecule has 0 saturated carbocycles. The van der Waals surface area contributed by atoms with Crippen LogP contribution in [0.25, 0.3) is 10.8 Å². The lowest BCUT2D eigenvalue weighted by molar-refractivity contribution is -0.133. The van der Waals surface area contributed by atoms with E-state index in [1.54, 1.807) is 0 Å². The SMILES string of the molecule is O=C(C(c1ccccc1)c1ccccc1)N1CCN(Cc2cccc3ccccc23)CC1. The highest BCUT2D eigenvalue weighted by atomic mass is 16.2. The van der Waals surface area contributed by atoms with Crippen LogP contribution in [0.3, 0.4) is 0 Å². The number of amides is 1. The number of piperazine rings is 1. The van der Waals surface area contributed by atoms with Gasteiger partial charge in [0.05, 0.1) is 5.92 Å². The summed E-state index contributed by atoms with van der Waals surface area (Å²) in [5.74, 6) is -0.0470. The highest BCUT2D eigenvalue weighted by molar-refractivity contribution is 5.87. The number of hydrogen-bond acceptors (Lipinski definition) is 2. The third kappa shape index (κ3) is 4.30. The molecule has 0 bridgehead atoms. The fourth-order valence-corrected chi connectivity index (χ4v) is 4.75. The molecule has 1 aliphatic heterocycles. The van der Waals surface area contributed by atoms with Crippen LogP contribution in [0.1, 0.15) is 22.6 Å². The maximum atomic E-state index is 13.6. The highest BCUT2D eigenvalue weighted by Crippen LogP contribution is 2.28. The van der Waals surface area contributed by atoms with Crippen molar-refractivity contribution in [1.29, 1.82) is 0 Å². The first kappa shape index (κ1) is 20.5. The van der Waals surface area contributed by atoms with Gasteiger partial charge in [-0.3, -0.25) is 9.69 Å². The van der Waals surface area contributed by atoms with Crippen LogP contribution >= 0.6 is 0 Å². The lowest BCUT2D eigenvalue weighted by atomic mass is 9.90. The van der Waals surface area contributed by atoms with Crippen molar-refractivity contribution in [2.75, 3.05) is 26.2 Å². The van der Waals surface area contributed by atoms with Crippen LogP contribution in [0, 0.1) is 0 Å². The summed E-state index contributed by atoms with van der Waals surface area (Å²) < 4.78 is 0. The largest absolute Gasteiger partial charge is 0.339 e. The van der Waals surface area contributed by atoms with E-state index < -0.39 is 0 Å². The van der Waals surface area contributed by atoms with Gasteiger partial charge in [0.1, 0.15) is 0 Å². The van der Waals surface area contributed by atoms with Gasteiger partial charge in [-0.25, -0.2) is 0 Å². The molecule has 0 unspecified atom stereocenters. The molecule has 32 heavy (non-hydrogen) atoms. The summed E-state index contributed by atoms with van der Waals surface area (Å²) in [7, 11) is 0. The molecule has 3 heteroatoms. The molecule has 1 amide bonds. The van der Waals surface area contributed by atoms with E-state index in [1.165, 1.54) is 16.3 Å². The number of rotatable bonds is 5. The Morgan fingerprint density at radius 1 is 0.656 bits per heavy atom. The van der Waals surface area contributed by atoms with Crippen LogP contribution < -0.4 is 0 Å². The molecule has 160 valence electrons. The first-order valence-corrected chi connectivity index (χ1v) is 11.4. The van der Waals surface area contributed by atoms with Crippen molar-refractivity contribution in [2.45, 2.75) is 12.5 Å². The summed E-state index contributed by atoms with van der Waals surface area (Å²) in [6, 6.07) is 35.4. The quantitative estimate of drug-likeness (QED) is 0.436. The molecule has 1 fully saturated rings. The molecule has 0 N–H and O–H groups in total. The van der Waals surface area contributed by atoms with E-state index in [1.807, 2.05) is 41.3 Å². The minimum atomic E-state index is -0.248. The smallest absolute Gasteiger partial charge is 0.234 e. The van der Waals surface area contributed by atoms with E-state index in [4.69, 9.17) is 0 Å². The third-order valence-electron chi connectivity index (χ3n) is 6.47. The normalized spacial score (nSPS) is 14.7. The maximum Gasteiger partial charge on any atom is 0.234 e. The van der Waals surface area contributed by atoms with E-state index in [9.17, 15) is 4.79 Å². The van der Waals surface area contributed by atoms with Crippen LogP contribution in [0.2, 0.25) is 0 Å². The van der Waals surface area contributed by atoms with Gasteiger partial charge in [0.2, 0.25) is 5.91 Å². The minimum Gasteiger partial charge on any atom is -0.339 e. The molecule has 1 heterocycles. The van der Waals surface area contributed by atoms with Gasteiger partial charge in [0, 0.05) is 32.7 Å². The average molecular weight is 421 g/mol. The second-order valence-electron chi connectivity index (χ2n) is 8.49. The monoisotopic (exact) mass is 420 g/mol. The summed E-state index contributed by atoms with van der Waals surface area (Å²) in [6.07, 6.45) is 0. The van der Waals surface area contributed by atoms with Gasteiger partial charge in [-0.2, -0.15) is 0 Å². The van der Waals surface area contributed by atoms with E-state index in [0.717, 1.165) is 43.9 Å². The number of nitrogens with zero attached hydrogens (tertiary/aromatic N) is 2. The minimum absolute atomic E-state index is 0.201. The number of carbonyl (C=O) groups excluding carboxylic acids is 1. The Morgan fingerprint density at radius 2 is 1.22 bits per heavy atom. The Morgan fingerprint density at radius 3 is 1.88 bits per heavy atom. The van der Waals surface area contributed by atoms with Crippen molar-refractivity contribution >= 4 is 16.7 Å². The van der Waals surface area contributed by atoms with Crippen molar-refractivity contribution in [3.05, 3.63) is 120 Å². The number of benzene rings is 4. The lowest BCUT2D eigenvalue weighted by Gasteiger charge is -2.37. The van der Waals surface area contributed by atoms with Crippen LogP contribution in [-0.2, 0) is 11.3 Å². The van der Waals surface area contributed by atoms with E-state index in [0.29, 0.717) is 0 Å². The second-order valence-corrected chi connectivity index (χ2v) is 8.49. The average Bonchev–Trinajstić information content (AvgIpc) is 2.86. The Hall–Kier alpha value is -3.43. The maximum absolute atomic E-state index is 13.6. The molecule has 1 aliphatic rings. The van der Waals surface area contributed by atoms with Crippen molar-refractivity contribution < 1.29 is 4.79 Å². The molecule has 1 saturated heterocycles. The van der Waals surface area contributed by atoms with Crippen molar-refractivity contribution in [3.8, 4) is 0 Å². The summed E-state index contributed by atoms with van der Waals surface area (Å²) in [4.78, 5) is 18.2. The molecule has 0 radical (unpaired) electrons. The van der Waals surface area contributed by atoms with Crippen molar-refractivity contribution in [1.82, 2.24) is 9.80 Å². The first-order chi connectivity index (χ1) is 15.8. The zero-order valence-electron chi connectivity index (χ0n) is 18.2. The van der Waals surface area contributed by atoms with Gasteiger partial charge in [0.25, 0.3) is 0 Å². The predicted molar refractivity (Wildman–Crippen MR) is 131 cm³/mol. The van der Waals surface area contributed by atoms with Gasteiger partial charge in [-0.1, -0.05) is 103 Å². The number of carbonyl (C=O) groups is 1. The van der Waals surface area contributed by atoms with Gasteiger partial charge in [-0.05, 0) is 27.5 Å². The van der Waals surface area contributed by atoms with Crippen LogP contribution in [0.4, 0.5) is 0 Å². The molecule has 0 aromatic heterocycles. The van der Waals surface area contributed by atoms with E-state index in [-0.39, 0.29) is 11.8 Å². The summed E-state index contributed by atoms with van der Waals surface area (Å²) in [5.41, 5.74) is 3.47. The molecule has 4 aromatic rings. The molecular formula is C29H28N2O. The molecule has 0 aliphatic carbocycles. The first-order valence-electron chi connectivity index (χ1n) is 11.4. The molecule has 0 spiro atoms. The number of hydrogen-bond donors (Lipinski definition) is 0. The van der Waals surface area contributed by atoms with E-state index in [2.05, 4.69) is 71.6 Å². The Bertz CT molecular complexity index is 1140. The standard InChI is InChI=1S/C29H28N2O/c32-29(28(24-11-3-1-4-12-24)25-13-5-2-6-14-25)31-20-18-30(19-21-31)22-26-16-9-15-23-10-7-8-17-27(23)26/h1-17,28H,18-22H2. The summed E-state index contributed by atoms with van der Waals surface area (Å²) in [5, 5.41) is 2.61. The van der Waals surface area contributed by atoms with Crippen LogP contribution in [-0.4, -0.2) is 41.9 Å². The predicted octanol–water partition coefficient (Wildman–Crippen LogP) is 5.32. The van der Waals surface area contributed by atoms with Gasteiger partial charge in [0.15, 0.2) is 0 Å². The van der Waals surface area contributed by atoms with E-state index >= 15 is 0 Å². The van der Waals surface area contributed by atoms with Crippen LogP contribution in [0.5, 0.6) is 0 Å². The molecule has 0 atom stereocenters. The Balaban J connectivity index is 1.30. The Labute approximate surface area is 189 Å². The Kier molecular flexibility index (Phi) is 6.00. The summed E-state index contributed by atoms with van der Waals surface area (Å²) in [6.45, 7) is 4.24. The van der Waals surface area contributed by atoms with Crippen molar-refractivity contribution in [3.63, 3.8) is 0 Å². The number of fused-ring (bicyclic) bond motifs is 1. The molecule has 4 aromatic carbocycles. The molecule has 5 rings (SSSR count). The zero-order valence-corrected chi connectivity index (χ0v) is 18.2. The zero-order chi connectivity index (χ0) is 21.8. The van der Waals surface area contributed by atoms with Gasteiger partial charge < -0.3 is 4.90 Å². The van der Waals surface area contributed by atoms with Gasteiger partial charge >= 0.3 is 0 Å². The fraction of sp³-hybridized carbons (Fsp3) is 0.207. The summed E-state index contributed by atoms with van der Waals surface area (Å²) >= 11 is 0. The topological polar surface area (TPSA) is 23.6 Å². The lowest BCUT2D eigenvalue weighted by Crippen LogP contribution is -2.49. The van der Waals surface area contributed by atoms with Crippen LogP contribution in [0.15, 0.2) is 103 Å². The second kappa shape index (κ2) is 9.37. The third-order valence-corrected chi connectivity index (χ3v) is 6.47. The molecular weight excluding hydrogens is 392 g/mol. The highest BCUT2D eigenvalue weighted by Gasteiger charge is 2.29.